The Balaban J connectivity index is 1.38. The minimum Gasteiger partial charge on any atom is -0.354 e. The molecule has 0 bridgehead atoms. The van der Waals surface area contributed by atoms with Crippen molar-refractivity contribution in [1.29, 1.82) is 0 Å². The Bertz CT molecular complexity index is 1300. The standard InChI is InChI=1S/C27H31F2N5O3/c1-26(2,3)25(37)31-12-11-30-23(35)18-4-6-21(7-5-18)34-13-8-19-16-20(17-32-22(19)34)24(36)33-14-9-27(28,29)10-15-33/h4-8,13,16-17H,9-12,14-15H2,1-3H3,(H,30,35)(H,31,37). The Hall–Kier alpha value is -3.82. The lowest BCUT2D eigenvalue weighted by Gasteiger charge is -2.31. The van der Waals surface area contributed by atoms with Crippen molar-refractivity contribution in [3.8, 4) is 5.69 Å². The number of carbonyl (C=O) groups is 3. The van der Waals surface area contributed by atoms with Gasteiger partial charge in [0, 0.05) is 73.5 Å². The first kappa shape index (κ1) is 26.2. The van der Waals surface area contributed by atoms with Gasteiger partial charge in [-0.1, -0.05) is 20.8 Å². The third kappa shape index (κ3) is 6.12. The number of hydrogen-bond acceptors (Lipinski definition) is 4. The second kappa shape index (κ2) is 10.3. The largest absolute Gasteiger partial charge is 0.354 e. The van der Waals surface area contributed by atoms with Crippen LogP contribution in [-0.2, 0) is 4.79 Å². The van der Waals surface area contributed by atoms with Crippen LogP contribution >= 0.6 is 0 Å². The van der Waals surface area contributed by atoms with Crippen molar-refractivity contribution in [2.24, 2.45) is 5.41 Å². The second-order valence-corrected chi connectivity index (χ2v) is 10.3. The lowest BCUT2D eigenvalue weighted by Crippen LogP contribution is -2.42. The van der Waals surface area contributed by atoms with Gasteiger partial charge in [0.2, 0.25) is 5.91 Å². The van der Waals surface area contributed by atoms with Crippen LogP contribution in [0.15, 0.2) is 48.8 Å². The highest BCUT2D eigenvalue weighted by Crippen LogP contribution is 2.29. The molecule has 2 N–H and O–H groups in total. The summed E-state index contributed by atoms with van der Waals surface area (Å²) in [6, 6.07) is 10.5. The molecule has 0 spiro atoms. The summed E-state index contributed by atoms with van der Waals surface area (Å²) < 4.78 is 28.7. The summed E-state index contributed by atoms with van der Waals surface area (Å²) in [5, 5.41) is 6.32. The number of nitrogens with one attached hydrogen (secondary N) is 2. The van der Waals surface area contributed by atoms with Crippen molar-refractivity contribution in [3.63, 3.8) is 0 Å². The number of aromatic nitrogens is 2. The van der Waals surface area contributed by atoms with E-state index in [4.69, 9.17) is 0 Å². The molecule has 0 saturated carbocycles. The van der Waals surface area contributed by atoms with Gasteiger partial charge in [-0.05, 0) is 36.4 Å². The van der Waals surface area contributed by atoms with Crippen LogP contribution in [0.3, 0.4) is 0 Å². The van der Waals surface area contributed by atoms with Gasteiger partial charge in [0.1, 0.15) is 5.65 Å². The number of alkyl halides is 2. The number of halogens is 2. The van der Waals surface area contributed by atoms with Gasteiger partial charge in [-0.2, -0.15) is 0 Å². The summed E-state index contributed by atoms with van der Waals surface area (Å²) in [5.41, 5.74) is 1.78. The number of hydrogen-bond donors (Lipinski definition) is 2. The molecule has 4 rings (SSSR count). The molecule has 0 aliphatic carbocycles. The van der Waals surface area contributed by atoms with Gasteiger partial charge in [-0.3, -0.25) is 14.4 Å². The first-order valence-electron chi connectivity index (χ1n) is 12.3. The number of nitrogens with zero attached hydrogens (tertiary/aromatic N) is 3. The number of carbonyl (C=O) groups excluding carboxylic acids is 3. The van der Waals surface area contributed by atoms with Crippen molar-refractivity contribution >= 4 is 28.8 Å². The average Bonchev–Trinajstić information content (AvgIpc) is 3.28. The zero-order valence-electron chi connectivity index (χ0n) is 21.2. The van der Waals surface area contributed by atoms with E-state index in [1.165, 1.54) is 11.1 Å². The Morgan fingerprint density at radius 2 is 1.62 bits per heavy atom. The van der Waals surface area contributed by atoms with Crippen LogP contribution in [0.4, 0.5) is 8.78 Å². The van der Waals surface area contributed by atoms with Gasteiger partial charge in [0.15, 0.2) is 0 Å². The highest BCUT2D eigenvalue weighted by molar-refractivity contribution is 5.97. The molecular formula is C27H31F2N5O3. The predicted octanol–water partition coefficient (Wildman–Crippen LogP) is 3.79. The number of fused-ring (bicyclic) bond motifs is 1. The molecule has 37 heavy (non-hydrogen) atoms. The molecule has 1 aliphatic rings. The van der Waals surface area contributed by atoms with E-state index in [-0.39, 0.29) is 43.7 Å². The summed E-state index contributed by atoms with van der Waals surface area (Å²) in [7, 11) is 0. The molecule has 8 nitrogen and oxygen atoms in total. The SMILES string of the molecule is CC(C)(C)C(=O)NCCNC(=O)c1ccc(-n2ccc3cc(C(=O)N4CCC(F)(F)CC4)cnc32)cc1. The van der Waals surface area contributed by atoms with Crippen molar-refractivity contribution in [2.75, 3.05) is 26.2 Å². The van der Waals surface area contributed by atoms with Gasteiger partial charge in [-0.25, -0.2) is 13.8 Å². The van der Waals surface area contributed by atoms with Crippen molar-refractivity contribution in [3.05, 3.63) is 59.9 Å². The quantitative estimate of drug-likeness (QED) is 0.492. The Morgan fingerprint density at radius 1 is 0.973 bits per heavy atom. The van der Waals surface area contributed by atoms with Crippen molar-refractivity contribution in [1.82, 2.24) is 25.1 Å². The summed E-state index contributed by atoms with van der Waals surface area (Å²) in [5.74, 6) is -3.33. The molecule has 0 unspecified atom stereocenters. The summed E-state index contributed by atoms with van der Waals surface area (Å²) in [4.78, 5) is 43.0. The molecule has 196 valence electrons. The predicted molar refractivity (Wildman–Crippen MR) is 136 cm³/mol. The van der Waals surface area contributed by atoms with Crippen LogP contribution in [0.25, 0.3) is 16.7 Å². The summed E-state index contributed by atoms with van der Waals surface area (Å²) in [6.45, 7) is 6.18. The summed E-state index contributed by atoms with van der Waals surface area (Å²) in [6.07, 6.45) is 2.63. The third-order valence-corrected chi connectivity index (χ3v) is 6.34. The van der Waals surface area contributed by atoms with Crippen molar-refractivity contribution < 1.29 is 23.2 Å². The zero-order chi connectivity index (χ0) is 26.8. The van der Waals surface area contributed by atoms with E-state index in [1.54, 1.807) is 30.3 Å². The molecule has 3 heterocycles. The minimum atomic E-state index is -2.71. The Labute approximate surface area is 214 Å². The number of likely N-dealkylation sites (tertiary alicyclic amines) is 1. The fraction of sp³-hybridized carbons (Fsp3) is 0.407. The van der Waals surface area contributed by atoms with Crippen LogP contribution in [0.5, 0.6) is 0 Å². The Morgan fingerprint density at radius 3 is 2.27 bits per heavy atom. The van der Waals surface area contributed by atoms with Crippen molar-refractivity contribution in [2.45, 2.75) is 39.5 Å². The number of benzene rings is 1. The Kier molecular flexibility index (Phi) is 7.29. The number of amides is 3. The van der Waals surface area contributed by atoms with E-state index in [0.717, 1.165) is 11.1 Å². The van der Waals surface area contributed by atoms with Crippen LogP contribution in [0.1, 0.15) is 54.3 Å². The molecule has 3 aromatic rings. The van der Waals surface area contributed by atoms with E-state index in [1.807, 2.05) is 37.6 Å². The third-order valence-electron chi connectivity index (χ3n) is 6.34. The van der Waals surface area contributed by atoms with Gasteiger partial charge >= 0.3 is 0 Å². The van der Waals surface area contributed by atoms with Gasteiger partial charge in [-0.15, -0.1) is 0 Å². The van der Waals surface area contributed by atoms with Gasteiger partial charge in [0.25, 0.3) is 17.7 Å². The maximum atomic E-state index is 13.4. The lowest BCUT2D eigenvalue weighted by molar-refractivity contribution is -0.128. The molecule has 1 fully saturated rings. The highest BCUT2D eigenvalue weighted by atomic mass is 19.3. The molecule has 0 atom stereocenters. The van der Waals surface area contributed by atoms with E-state index in [9.17, 15) is 23.2 Å². The lowest BCUT2D eigenvalue weighted by atomic mass is 9.96. The molecule has 2 aromatic heterocycles. The minimum absolute atomic E-state index is 0.0242. The first-order valence-corrected chi connectivity index (χ1v) is 12.3. The van der Waals surface area contributed by atoms with Crippen LogP contribution < -0.4 is 10.6 Å². The molecule has 3 amide bonds. The molecule has 1 saturated heterocycles. The topological polar surface area (TPSA) is 96.3 Å². The molecule has 0 radical (unpaired) electrons. The van der Waals surface area contributed by atoms with E-state index >= 15 is 0 Å². The summed E-state index contributed by atoms with van der Waals surface area (Å²) >= 11 is 0. The average molecular weight is 512 g/mol. The van der Waals surface area contributed by atoms with Crippen LogP contribution in [-0.4, -0.2) is 64.3 Å². The van der Waals surface area contributed by atoms with E-state index in [0.29, 0.717) is 29.9 Å². The number of rotatable bonds is 6. The van der Waals surface area contributed by atoms with Gasteiger partial charge < -0.3 is 20.1 Å². The molecule has 1 aromatic carbocycles. The van der Waals surface area contributed by atoms with Gasteiger partial charge in [0.05, 0.1) is 5.56 Å². The first-order chi connectivity index (χ1) is 17.4. The molecular weight excluding hydrogens is 480 g/mol. The second-order valence-electron chi connectivity index (χ2n) is 10.3. The highest BCUT2D eigenvalue weighted by Gasteiger charge is 2.35. The zero-order valence-corrected chi connectivity index (χ0v) is 21.2. The van der Waals surface area contributed by atoms with Crippen LogP contribution in [0.2, 0.25) is 0 Å². The normalized spacial score (nSPS) is 15.4. The monoisotopic (exact) mass is 511 g/mol. The molecule has 1 aliphatic heterocycles. The fourth-order valence-corrected chi connectivity index (χ4v) is 4.06. The van der Waals surface area contributed by atoms with E-state index < -0.39 is 11.3 Å². The molecule has 10 heteroatoms. The fourth-order valence-electron chi connectivity index (χ4n) is 4.06. The van der Waals surface area contributed by atoms with Crippen LogP contribution in [0, 0.1) is 5.41 Å². The number of piperidine rings is 1. The number of pyridine rings is 1. The maximum absolute atomic E-state index is 13.4. The smallest absolute Gasteiger partial charge is 0.255 e. The van der Waals surface area contributed by atoms with E-state index in [2.05, 4.69) is 15.6 Å². The maximum Gasteiger partial charge on any atom is 0.255 e.